The van der Waals surface area contributed by atoms with Gasteiger partial charge in [0.2, 0.25) is 0 Å². The summed E-state index contributed by atoms with van der Waals surface area (Å²) in [7, 11) is -3.37. The smallest absolute Gasteiger partial charge is 0.182 e. The average Bonchev–Trinajstić information content (AvgIpc) is 2.71. The molecular weight excluding hydrogens is 286 g/mol. The third-order valence-electron chi connectivity index (χ3n) is 3.54. The predicted molar refractivity (Wildman–Crippen MR) is 76.3 cm³/mol. The van der Waals surface area contributed by atoms with Gasteiger partial charge in [-0.15, -0.1) is 0 Å². The van der Waals surface area contributed by atoms with Gasteiger partial charge in [-0.05, 0) is 37.2 Å². The highest BCUT2D eigenvalue weighted by Crippen LogP contribution is 2.36. The van der Waals surface area contributed by atoms with Crippen molar-refractivity contribution in [3.05, 3.63) is 0 Å². The normalized spacial score (nSPS) is 19.6. The van der Waals surface area contributed by atoms with Gasteiger partial charge in [-0.25, -0.2) is 8.42 Å². The molecule has 108 valence electrons. The van der Waals surface area contributed by atoms with Crippen LogP contribution in [-0.4, -0.2) is 43.3 Å². The second kappa shape index (κ2) is 5.26. The molecule has 0 aromatic carbocycles. The van der Waals surface area contributed by atoms with Crippen LogP contribution in [0.5, 0.6) is 0 Å². The number of anilines is 2. The Bertz CT molecular complexity index is 546. The van der Waals surface area contributed by atoms with Crippen molar-refractivity contribution >= 4 is 32.2 Å². The molecule has 2 heterocycles. The summed E-state index contributed by atoms with van der Waals surface area (Å²) >= 11 is 1.13. The van der Waals surface area contributed by atoms with Gasteiger partial charge in [-0.3, -0.25) is 0 Å². The van der Waals surface area contributed by atoms with E-state index in [1.54, 1.807) is 6.92 Å². The van der Waals surface area contributed by atoms with Crippen LogP contribution < -0.4 is 10.6 Å². The minimum Gasteiger partial charge on any atom is -0.393 e. The van der Waals surface area contributed by atoms with E-state index in [4.69, 9.17) is 5.73 Å². The molecule has 0 saturated carbocycles. The molecule has 1 atom stereocenters. The third-order valence-corrected chi connectivity index (χ3v) is 5.73. The topological polar surface area (TPSA) is 96.5 Å². The van der Waals surface area contributed by atoms with Crippen LogP contribution in [-0.2, 0) is 9.84 Å². The van der Waals surface area contributed by atoms with Crippen LogP contribution in [0.2, 0.25) is 0 Å². The van der Waals surface area contributed by atoms with E-state index in [1.165, 1.54) is 0 Å². The van der Waals surface area contributed by atoms with E-state index in [0.29, 0.717) is 5.00 Å². The molecule has 0 amide bonds. The van der Waals surface area contributed by atoms with Crippen molar-refractivity contribution in [1.82, 2.24) is 4.37 Å². The zero-order valence-electron chi connectivity index (χ0n) is 11.0. The number of aliphatic hydroxyl groups is 1. The number of nitrogens with zero attached hydrogens (tertiary/aromatic N) is 2. The molecule has 8 heteroatoms. The Kier molecular flexibility index (Phi) is 4.03. The van der Waals surface area contributed by atoms with Crippen LogP contribution in [0, 0.1) is 5.92 Å². The molecule has 0 aliphatic carbocycles. The lowest BCUT2D eigenvalue weighted by Crippen LogP contribution is -2.37. The highest BCUT2D eigenvalue weighted by atomic mass is 32.2. The number of hydrogen-bond donors (Lipinski definition) is 2. The molecule has 1 aromatic heterocycles. The standard InChI is InChI=1S/C11H19N3O3S2/c1-7(15)8-3-5-14(6-4-8)11-9(19(2,16)17)10(12)13-18-11/h7-8,15H,3-6H2,1-2H3,(H2,12,13). The maximum absolute atomic E-state index is 11.8. The zero-order valence-corrected chi connectivity index (χ0v) is 12.7. The Hall–Kier alpha value is -0.860. The lowest BCUT2D eigenvalue weighted by Gasteiger charge is -2.34. The largest absolute Gasteiger partial charge is 0.393 e. The molecule has 19 heavy (non-hydrogen) atoms. The molecule has 1 saturated heterocycles. The number of piperidine rings is 1. The molecule has 1 fully saturated rings. The molecule has 1 unspecified atom stereocenters. The Balaban J connectivity index is 2.21. The molecule has 0 spiro atoms. The predicted octanol–water partition coefficient (Wildman–Crippen LogP) is 0.726. The number of nitrogen functional groups attached to an aromatic ring is 1. The third kappa shape index (κ3) is 3.01. The zero-order chi connectivity index (χ0) is 14.2. The maximum Gasteiger partial charge on any atom is 0.182 e. The van der Waals surface area contributed by atoms with E-state index in [2.05, 4.69) is 4.37 Å². The quantitative estimate of drug-likeness (QED) is 0.854. The summed E-state index contributed by atoms with van der Waals surface area (Å²) < 4.78 is 27.5. The first kappa shape index (κ1) is 14.5. The molecule has 1 aliphatic rings. The molecular formula is C11H19N3O3S2. The van der Waals surface area contributed by atoms with Crippen molar-refractivity contribution in [3.63, 3.8) is 0 Å². The van der Waals surface area contributed by atoms with E-state index >= 15 is 0 Å². The summed E-state index contributed by atoms with van der Waals surface area (Å²) in [6.45, 7) is 3.24. The van der Waals surface area contributed by atoms with Crippen molar-refractivity contribution in [3.8, 4) is 0 Å². The van der Waals surface area contributed by atoms with Gasteiger partial charge >= 0.3 is 0 Å². The fourth-order valence-electron chi connectivity index (χ4n) is 2.42. The molecule has 0 bridgehead atoms. The maximum atomic E-state index is 11.8. The Labute approximate surface area is 117 Å². The van der Waals surface area contributed by atoms with Gasteiger partial charge in [0, 0.05) is 19.3 Å². The number of aliphatic hydroxyl groups excluding tert-OH is 1. The van der Waals surface area contributed by atoms with Gasteiger partial charge in [0.1, 0.15) is 9.90 Å². The second-order valence-electron chi connectivity index (χ2n) is 5.04. The van der Waals surface area contributed by atoms with E-state index in [1.807, 2.05) is 4.90 Å². The summed E-state index contributed by atoms with van der Waals surface area (Å²) in [4.78, 5) is 2.15. The van der Waals surface area contributed by atoms with Gasteiger partial charge < -0.3 is 15.7 Å². The van der Waals surface area contributed by atoms with Gasteiger partial charge in [0.05, 0.1) is 6.10 Å². The molecule has 6 nitrogen and oxygen atoms in total. The fraction of sp³-hybridized carbons (Fsp3) is 0.727. The van der Waals surface area contributed by atoms with Gasteiger partial charge in [-0.1, -0.05) is 0 Å². The number of nitrogens with two attached hydrogens (primary N) is 1. The first-order valence-corrected chi connectivity index (χ1v) is 8.85. The lowest BCUT2D eigenvalue weighted by atomic mass is 9.92. The van der Waals surface area contributed by atoms with Crippen LogP contribution in [0.3, 0.4) is 0 Å². The number of sulfone groups is 1. The minimum atomic E-state index is -3.37. The number of rotatable bonds is 3. The average molecular weight is 305 g/mol. The van der Waals surface area contributed by atoms with E-state index < -0.39 is 9.84 Å². The van der Waals surface area contributed by atoms with E-state index in [-0.39, 0.29) is 22.7 Å². The van der Waals surface area contributed by atoms with E-state index in [9.17, 15) is 13.5 Å². The van der Waals surface area contributed by atoms with Crippen LogP contribution in [0.15, 0.2) is 4.90 Å². The van der Waals surface area contributed by atoms with Crippen molar-refractivity contribution in [2.75, 3.05) is 30.0 Å². The van der Waals surface area contributed by atoms with Crippen molar-refractivity contribution in [1.29, 1.82) is 0 Å². The molecule has 2 rings (SSSR count). The summed E-state index contributed by atoms with van der Waals surface area (Å²) in [6, 6.07) is 0. The van der Waals surface area contributed by atoms with Crippen LogP contribution in [0.1, 0.15) is 19.8 Å². The Morgan fingerprint density at radius 2 is 2.05 bits per heavy atom. The number of hydrogen-bond acceptors (Lipinski definition) is 7. The van der Waals surface area contributed by atoms with E-state index in [0.717, 1.165) is 43.7 Å². The summed E-state index contributed by atoms with van der Waals surface area (Å²) in [6.07, 6.45) is 2.53. The molecule has 3 N–H and O–H groups in total. The highest BCUT2D eigenvalue weighted by Gasteiger charge is 2.29. The van der Waals surface area contributed by atoms with Crippen LogP contribution in [0.4, 0.5) is 10.8 Å². The summed E-state index contributed by atoms with van der Waals surface area (Å²) in [5, 5.41) is 10.2. The second-order valence-corrected chi connectivity index (χ2v) is 7.74. The summed E-state index contributed by atoms with van der Waals surface area (Å²) in [5.74, 6) is 0.364. The van der Waals surface area contributed by atoms with Crippen molar-refractivity contribution < 1.29 is 13.5 Å². The lowest BCUT2D eigenvalue weighted by molar-refractivity contribution is 0.110. The number of aromatic nitrogens is 1. The summed E-state index contributed by atoms with van der Waals surface area (Å²) in [5.41, 5.74) is 5.66. The fourth-order valence-corrected chi connectivity index (χ4v) is 4.68. The van der Waals surface area contributed by atoms with Gasteiger partial charge in [-0.2, -0.15) is 4.37 Å². The SMILES string of the molecule is CC(O)C1CCN(c2snc(N)c2S(C)(=O)=O)CC1. The van der Waals surface area contributed by atoms with Crippen molar-refractivity contribution in [2.45, 2.75) is 30.8 Å². The molecule has 1 aliphatic heterocycles. The highest BCUT2D eigenvalue weighted by molar-refractivity contribution is 7.91. The molecule has 0 radical (unpaired) electrons. The Morgan fingerprint density at radius 1 is 1.47 bits per heavy atom. The monoisotopic (exact) mass is 305 g/mol. The molecule has 1 aromatic rings. The van der Waals surface area contributed by atoms with Crippen LogP contribution >= 0.6 is 11.5 Å². The first-order chi connectivity index (χ1) is 8.80. The first-order valence-electron chi connectivity index (χ1n) is 6.19. The minimum absolute atomic E-state index is 0.0835. The Morgan fingerprint density at radius 3 is 2.53 bits per heavy atom. The van der Waals surface area contributed by atoms with Gasteiger partial charge in [0.25, 0.3) is 0 Å². The van der Waals surface area contributed by atoms with Gasteiger partial charge in [0.15, 0.2) is 15.7 Å². The van der Waals surface area contributed by atoms with Crippen LogP contribution in [0.25, 0.3) is 0 Å². The van der Waals surface area contributed by atoms with Crippen molar-refractivity contribution in [2.24, 2.45) is 5.92 Å².